The predicted molar refractivity (Wildman–Crippen MR) is 167 cm³/mol. The highest BCUT2D eigenvalue weighted by Crippen LogP contribution is 2.44. The van der Waals surface area contributed by atoms with Gasteiger partial charge in [0, 0.05) is 42.2 Å². The lowest BCUT2D eigenvalue weighted by atomic mass is 9.78. The highest BCUT2D eigenvalue weighted by atomic mass is 127. The van der Waals surface area contributed by atoms with Crippen molar-refractivity contribution in [2.45, 2.75) is 51.4 Å². The Morgan fingerprint density at radius 3 is 2.08 bits per heavy atom. The van der Waals surface area contributed by atoms with Gasteiger partial charge in [0.1, 0.15) is 6.61 Å². The van der Waals surface area contributed by atoms with Crippen LogP contribution in [-0.4, -0.2) is 67.0 Å². The van der Waals surface area contributed by atoms with Crippen LogP contribution >= 0.6 is 22.6 Å². The highest BCUT2D eigenvalue weighted by molar-refractivity contribution is 14.1. The van der Waals surface area contributed by atoms with Gasteiger partial charge in [-0.3, -0.25) is 4.90 Å². The molecule has 208 valence electrons. The first kappa shape index (κ1) is 27.8. The first-order valence-corrected chi connectivity index (χ1v) is 15.2. The summed E-state index contributed by atoms with van der Waals surface area (Å²) in [7, 11) is -0.371. The van der Waals surface area contributed by atoms with E-state index in [1.165, 1.54) is 27.8 Å². The molecule has 8 heteroatoms. The number of hydrogen-bond acceptors (Lipinski definition) is 5. The van der Waals surface area contributed by atoms with Crippen LogP contribution in [-0.2, 0) is 20.6 Å². The fourth-order valence-corrected chi connectivity index (χ4v) is 6.67. The van der Waals surface area contributed by atoms with Crippen molar-refractivity contribution in [3.05, 3.63) is 87.0 Å². The summed E-state index contributed by atoms with van der Waals surface area (Å²) < 4.78 is 19.6. The molecule has 0 radical (unpaired) electrons. The summed E-state index contributed by atoms with van der Waals surface area (Å²) in [5, 5.41) is 0. The standard InChI is InChI=1S/C32H36BIN2O4/c1-31(2)32(3,4)40-33(39-31)23-17-22(18-24(34)19-23)20-35-13-15-36(16-14-35)30(37)38-21-29-27-11-7-5-9-25(27)26-10-6-8-12-28(26)29/h5-12,17-19,29H,13-16,20-21H2,1-4H3. The summed E-state index contributed by atoms with van der Waals surface area (Å²) in [5.41, 5.74) is 6.50. The van der Waals surface area contributed by atoms with Gasteiger partial charge in [0.05, 0.1) is 11.2 Å². The molecule has 0 aromatic heterocycles. The first-order chi connectivity index (χ1) is 19.1. The van der Waals surface area contributed by atoms with E-state index in [0.717, 1.165) is 28.7 Å². The smallest absolute Gasteiger partial charge is 0.448 e. The molecule has 2 fully saturated rings. The number of benzene rings is 3. The second kappa shape index (κ2) is 10.8. The predicted octanol–water partition coefficient (Wildman–Crippen LogP) is 5.66. The maximum absolute atomic E-state index is 13.0. The van der Waals surface area contributed by atoms with E-state index in [1.54, 1.807) is 0 Å². The van der Waals surface area contributed by atoms with Gasteiger partial charge in [-0.15, -0.1) is 0 Å². The summed E-state index contributed by atoms with van der Waals surface area (Å²) in [4.78, 5) is 17.3. The molecule has 0 saturated carbocycles. The van der Waals surface area contributed by atoms with E-state index in [1.807, 2.05) is 4.90 Å². The van der Waals surface area contributed by atoms with E-state index in [4.69, 9.17) is 14.0 Å². The van der Waals surface area contributed by atoms with Gasteiger partial charge >= 0.3 is 13.2 Å². The Balaban J connectivity index is 1.04. The lowest BCUT2D eigenvalue weighted by Crippen LogP contribution is -2.48. The van der Waals surface area contributed by atoms with Crippen LogP contribution in [0.4, 0.5) is 4.79 Å². The third kappa shape index (κ3) is 5.31. The zero-order chi connectivity index (χ0) is 28.1. The van der Waals surface area contributed by atoms with Crippen LogP contribution in [0, 0.1) is 3.57 Å². The quantitative estimate of drug-likeness (QED) is 0.264. The van der Waals surface area contributed by atoms with Crippen LogP contribution in [0.25, 0.3) is 11.1 Å². The molecule has 0 bridgehead atoms. The molecule has 3 aromatic rings. The maximum atomic E-state index is 13.0. The van der Waals surface area contributed by atoms with Crippen LogP contribution in [0.2, 0.25) is 0 Å². The molecule has 3 aromatic carbocycles. The van der Waals surface area contributed by atoms with Crippen LogP contribution in [0.1, 0.15) is 50.3 Å². The normalized spacial score (nSPS) is 19.9. The molecular weight excluding hydrogens is 614 g/mol. The first-order valence-electron chi connectivity index (χ1n) is 14.1. The van der Waals surface area contributed by atoms with Crippen molar-refractivity contribution in [1.82, 2.24) is 9.80 Å². The fraction of sp³-hybridized carbons (Fsp3) is 0.406. The molecule has 40 heavy (non-hydrogen) atoms. The Morgan fingerprint density at radius 2 is 1.48 bits per heavy atom. The summed E-state index contributed by atoms with van der Waals surface area (Å²) in [5.74, 6) is 0.0800. The summed E-state index contributed by atoms with van der Waals surface area (Å²) in [6.07, 6.45) is -0.223. The Hall–Kier alpha value is -2.40. The average molecular weight is 650 g/mol. The van der Waals surface area contributed by atoms with Crippen molar-refractivity contribution in [3.8, 4) is 11.1 Å². The largest absolute Gasteiger partial charge is 0.494 e. The number of nitrogens with zero attached hydrogens (tertiary/aromatic N) is 2. The van der Waals surface area contributed by atoms with Crippen LogP contribution in [0.5, 0.6) is 0 Å². The molecule has 0 spiro atoms. The summed E-state index contributed by atoms with van der Waals surface area (Å²) in [6.45, 7) is 12.4. The van der Waals surface area contributed by atoms with Gasteiger partial charge in [0.25, 0.3) is 0 Å². The number of fused-ring (bicyclic) bond motifs is 3. The van der Waals surface area contributed by atoms with Gasteiger partial charge < -0.3 is 18.9 Å². The third-order valence-electron chi connectivity index (χ3n) is 8.88. The number of halogens is 1. The Morgan fingerprint density at radius 1 is 0.900 bits per heavy atom. The van der Waals surface area contributed by atoms with E-state index < -0.39 is 0 Å². The Kier molecular flexibility index (Phi) is 7.48. The summed E-state index contributed by atoms with van der Waals surface area (Å²) in [6, 6.07) is 23.4. The maximum Gasteiger partial charge on any atom is 0.494 e. The minimum absolute atomic E-state index is 0.0800. The number of ether oxygens (including phenoxy) is 1. The molecule has 3 aliphatic rings. The monoisotopic (exact) mass is 650 g/mol. The van der Waals surface area contributed by atoms with E-state index in [-0.39, 0.29) is 30.3 Å². The summed E-state index contributed by atoms with van der Waals surface area (Å²) >= 11 is 2.37. The fourth-order valence-electron chi connectivity index (χ4n) is 5.91. The average Bonchev–Trinajstić information content (AvgIpc) is 3.36. The zero-order valence-electron chi connectivity index (χ0n) is 23.7. The number of amides is 1. The van der Waals surface area contributed by atoms with Gasteiger partial charge in [-0.2, -0.15) is 0 Å². The van der Waals surface area contributed by atoms with E-state index in [2.05, 4.69) is 122 Å². The molecule has 2 heterocycles. The molecule has 0 atom stereocenters. The van der Waals surface area contributed by atoms with Gasteiger partial charge in [0.15, 0.2) is 0 Å². The molecule has 0 N–H and O–H groups in total. The topological polar surface area (TPSA) is 51.2 Å². The van der Waals surface area contributed by atoms with E-state index in [9.17, 15) is 4.79 Å². The lowest BCUT2D eigenvalue weighted by Gasteiger charge is -2.34. The van der Waals surface area contributed by atoms with Crippen molar-refractivity contribution in [2.24, 2.45) is 0 Å². The van der Waals surface area contributed by atoms with E-state index in [0.29, 0.717) is 19.7 Å². The minimum Gasteiger partial charge on any atom is -0.448 e. The van der Waals surface area contributed by atoms with Crippen molar-refractivity contribution >= 4 is 41.3 Å². The second-order valence-corrected chi connectivity index (χ2v) is 13.3. The van der Waals surface area contributed by atoms with E-state index >= 15 is 0 Å². The van der Waals surface area contributed by atoms with Crippen LogP contribution in [0.15, 0.2) is 66.7 Å². The number of hydrogen-bond donors (Lipinski definition) is 0. The number of carbonyl (C=O) groups is 1. The van der Waals surface area contributed by atoms with Crippen molar-refractivity contribution in [3.63, 3.8) is 0 Å². The minimum atomic E-state index is -0.371. The number of rotatable bonds is 5. The zero-order valence-corrected chi connectivity index (χ0v) is 25.8. The Labute approximate surface area is 251 Å². The molecule has 2 aliphatic heterocycles. The number of carbonyl (C=O) groups excluding carboxylic acids is 1. The van der Waals surface area contributed by atoms with Gasteiger partial charge in [-0.05, 0) is 95.7 Å². The van der Waals surface area contributed by atoms with Crippen molar-refractivity contribution in [2.75, 3.05) is 32.8 Å². The van der Waals surface area contributed by atoms with Crippen LogP contribution < -0.4 is 5.46 Å². The van der Waals surface area contributed by atoms with Gasteiger partial charge in [-0.1, -0.05) is 54.6 Å². The third-order valence-corrected chi connectivity index (χ3v) is 9.50. The highest BCUT2D eigenvalue weighted by Gasteiger charge is 2.51. The van der Waals surface area contributed by atoms with Gasteiger partial charge in [-0.25, -0.2) is 4.79 Å². The molecule has 1 aliphatic carbocycles. The van der Waals surface area contributed by atoms with Crippen molar-refractivity contribution in [1.29, 1.82) is 0 Å². The lowest BCUT2D eigenvalue weighted by molar-refractivity contribution is 0.00578. The second-order valence-electron chi connectivity index (χ2n) is 12.0. The Bertz CT molecular complexity index is 1360. The molecule has 0 unspecified atom stereocenters. The van der Waals surface area contributed by atoms with Crippen molar-refractivity contribution < 1.29 is 18.8 Å². The van der Waals surface area contributed by atoms with Crippen LogP contribution in [0.3, 0.4) is 0 Å². The SMILES string of the molecule is CC1(C)OB(c2cc(I)cc(CN3CCN(C(=O)OCC4c5ccccc5-c5ccccc54)CC3)c2)OC1(C)C. The molecule has 6 nitrogen and oxygen atoms in total. The molecule has 6 rings (SSSR count). The number of piperazine rings is 1. The molecule has 1 amide bonds. The molecule has 2 saturated heterocycles. The van der Waals surface area contributed by atoms with Gasteiger partial charge in [0.2, 0.25) is 0 Å². The molecular formula is C32H36BIN2O4.